The van der Waals surface area contributed by atoms with Crippen molar-refractivity contribution in [3.63, 3.8) is 0 Å². The fourth-order valence-corrected chi connectivity index (χ4v) is 3.36. The molecule has 6 nitrogen and oxygen atoms in total. The lowest BCUT2D eigenvalue weighted by atomic mass is 10.0. The molecule has 1 atom stereocenters. The van der Waals surface area contributed by atoms with E-state index < -0.39 is 11.9 Å². The number of carbonyl (C=O) groups excluding carboxylic acids is 2. The molecule has 0 saturated carbocycles. The number of aromatic hydroxyl groups is 2. The molecule has 136 valence electrons. The summed E-state index contributed by atoms with van der Waals surface area (Å²) < 4.78 is 0. The summed E-state index contributed by atoms with van der Waals surface area (Å²) in [5.41, 5.74) is 2.35. The lowest BCUT2D eigenvalue weighted by molar-refractivity contribution is -0.125. The highest BCUT2D eigenvalue weighted by Gasteiger charge is 2.39. The zero-order chi connectivity index (χ0) is 18.8. The van der Waals surface area contributed by atoms with Crippen LogP contribution in [-0.2, 0) is 17.8 Å². The van der Waals surface area contributed by atoms with Crippen molar-refractivity contribution < 1.29 is 19.8 Å². The second-order valence-corrected chi connectivity index (χ2v) is 6.28. The second-order valence-electron chi connectivity index (χ2n) is 6.28. The first-order valence-corrected chi connectivity index (χ1v) is 8.69. The van der Waals surface area contributed by atoms with Gasteiger partial charge in [0.15, 0.2) is 0 Å². The summed E-state index contributed by atoms with van der Waals surface area (Å²) in [5.74, 6) is -1.04. The molecule has 0 bridgehead atoms. The van der Waals surface area contributed by atoms with Gasteiger partial charge < -0.3 is 20.4 Å². The molecule has 0 spiro atoms. The summed E-state index contributed by atoms with van der Waals surface area (Å²) in [6, 6.07) is 9.37. The number of benzene rings is 2. The predicted molar refractivity (Wildman–Crippen MR) is 96.9 cm³/mol. The van der Waals surface area contributed by atoms with Gasteiger partial charge in [0.2, 0.25) is 5.91 Å². The van der Waals surface area contributed by atoms with Gasteiger partial charge in [-0.1, -0.05) is 31.2 Å². The van der Waals surface area contributed by atoms with Gasteiger partial charge in [-0.25, -0.2) is 0 Å². The Hall–Kier alpha value is -3.02. The molecule has 0 aliphatic carbocycles. The molecule has 1 heterocycles. The van der Waals surface area contributed by atoms with Crippen molar-refractivity contribution >= 4 is 11.8 Å². The quantitative estimate of drug-likeness (QED) is 0.787. The molecule has 2 amide bonds. The number of carbonyl (C=O) groups is 2. The molecular formula is C20H22N2O4. The highest BCUT2D eigenvalue weighted by atomic mass is 16.3. The van der Waals surface area contributed by atoms with Crippen LogP contribution >= 0.6 is 0 Å². The highest BCUT2D eigenvalue weighted by molar-refractivity contribution is 6.01. The number of phenols is 2. The van der Waals surface area contributed by atoms with Crippen molar-refractivity contribution in [1.82, 2.24) is 10.2 Å². The number of phenolic OH excluding ortho intramolecular Hbond substituents is 2. The number of nitrogens with one attached hydrogen (secondary N) is 1. The van der Waals surface area contributed by atoms with E-state index in [0.29, 0.717) is 25.1 Å². The van der Waals surface area contributed by atoms with E-state index in [4.69, 9.17) is 0 Å². The zero-order valence-electron chi connectivity index (χ0n) is 14.8. The molecule has 0 saturated heterocycles. The van der Waals surface area contributed by atoms with Crippen molar-refractivity contribution in [1.29, 1.82) is 0 Å². The minimum absolute atomic E-state index is 0.0495. The molecule has 2 aromatic carbocycles. The van der Waals surface area contributed by atoms with Crippen LogP contribution in [0.4, 0.5) is 0 Å². The van der Waals surface area contributed by atoms with Crippen LogP contribution in [0.25, 0.3) is 0 Å². The SMILES string of the molecule is CCNC(=O)[C@H]1c2ccccc2CN1C(=O)c1cc(CC)c(O)cc1O. The second kappa shape index (κ2) is 7.07. The molecule has 2 aromatic rings. The number of likely N-dealkylation sites (N-methyl/N-ethyl adjacent to an activating group) is 1. The fourth-order valence-electron chi connectivity index (χ4n) is 3.36. The van der Waals surface area contributed by atoms with E-state index in [-0.39, 0.29) is 23.0 Å². The van der Waals surface area contributed by atoms with E-state index in [1.807, 2.05) is 38.1 Å². The third kappa shape index (κ3) is 2.98. The maximum absolute atomic E-state index is 13.1. The monoisotopic (exact) mass is 354 g/mol. The first-order chi connectivity index (χ1) is 12.5. The Balaban J connectivity index is 2.02. The molecule has 1 aliphatic rings. The van der Waals surface area contributed by atoms with Gasteiger partial charge in [-0.05, 0) is 36.1 Å². The van der Waals surface area contributed by atoms with Crippen LogP contribution in [0.3, 0.4) is 0 Å². The molecule has 3 N–H and O–H groups in total. The largest absolute Gasteiger partial charge is 0.508 e. The lowest BCUT2D eigenvalue weighted by Gasteiger charge is -2.25. The molecule has 1 aliphatic heterocycles. The standard InChI is InChI=1S/C20H22N2O4/c1-3-12-9-15(17(24)10-16(12)23)20(26)22-11-13-7-5-6-8-14(13)18(22)19(25)21-4-2/h5-10,18,23-24H,3-4,11H2,1-2H3,(H,21,25)/t18-/m1/s1. The van der Waals surface area contributed by atoms with Gasteiger partial charge in [-0.3, -0.25) is 9.59 Å². The first kappa shape index (κ1) is 17.8. The number of nitrogens with zero attached hydrogens (tertiary/aromatic N) is 1. The van der Waals surface area contributed by atoms with E-state index >= 15 is 0 Å². The van der Waals surface area contributed by atoms with Crippen molar-refractivity contribution in [2.24, 2.45) is 0 Å². The van der Waals surface area contributed by atoms with E-state index in [0.717, 1.165) is 11.1 Å². The van der Waals surface area contributed by atoms with Crippen LogP contribution in [0, 0.1) is 0 Å². The highest BCUT2D eigenvalue weighted by Crippen LogP contribution is 2.37. The van der Waals surface area contributed by atoms with Crippen molar-refractivity contribution in [3.05, 3.63) is 58.7 Å². The number of amides is 2. The number of rotatable bonds is 4. The predicted octanol–water partition coefficient (Wildman–Crippen LogP) is 2.49. The van der Waals surface area contributed by atoms with Crippen LogP contribution in [0.1, 0.15) is 46.9 Å². The molecule has 0 radical (unpaired) electrons. The molecular weight excluding hydrogens is 332 g/mol. The van der Waals surface area contributed by atoms with Gasteiger partial charge in [-0.2, -0.15) is 0 Å². The number of hydrogen-bond acceptors (Lipinski definition) is 4. The number of hydrogen-bond donors (Lipinski definition) is 3. The molecule has 0 fully saturated rings. The Morgan fingerprint density at radius 1 is 1.15 bits per heavy atom. The van der Waals surface area contributed by atoms with Crippen LogP contribution in [-0.4, -0.2) is 33.5 Å². The fraction of sp³-hybridized carbons (Fsp3) is 0.300. The summed E-state index contributed by atoms with van der Waals surface area (Å²) in [6.07, 6.45) is 0.520. The van der Waals surface area contributed by atoms with Gasteiger partial charge in [0, 0.05) is 19.2 Å². The van der Waals surface area contributed by atoms with Gasteiger partial charge in [0.25, 0.3) is 5.91 Å². The van der Waals surface area contributed by atoms with Crippen LogP contribution in [0.2, 0.25) is 0 Å². The average molecular weight is 354 g/mol. The smallest absolute Gasteiger partial charge is 0.258 e. The Morgan fingerprint density at radius 2 is 1.88 bits per heavy atom. The molecule has 0 unspecified atom stereocenters. The molecule has 26 heavy (non-hydrogen) atoms. The van der Waals surface area contributed by atoms with E-state index in [1.54, 1.807) is 0 Å². The molecule has 0 aromatic heterocycles. The topological polar surface area (TPSA) is 89.9 Å². The lowest BCUT2D eigenvalue weighted by Crippen LogP contribution is -2.39. The third-order valence-corrected chi connectivity index (χ3v) is 4.67. The summed E-state index contributed by atoms with van der Waals surface area (Å²) in [4.78, 5) is 27.2. The third-order valence-electron chi connectivity index (χ3n) is 4.67. The van der Waals surface area contributed by atoms with Crippen molar-refractivity contribution in [2.45, 2.75) is 32.9 Å². The van der Waals surface area contributed by atoms with Crippen molar-refractivity contribution in [2.75, 3.05) is 6.54 Å². The minimum atomic E-state index is -0.739. The molecule has 3 rings (SSSR count). The van der Waals surface area contributed by atoms with E-state index in [9.17, 15) is 19.8 Å². The average Bonchev–Trinajstić information content (AvgIpc) is 3.01. The van der Waals surface area contributed by atoms with Crippen LogP contribution in [0.5, 0.6) is 11.5 Å². The Bertz CT molecular complexity index is 863. The minimum Gasteiger partial charge on any atom is -0.508 e. The maximum atomic E-state index is 13.1. The van der Waals surface area contributed by atoms with Gasteiger partial charge in [0.05, 0.1) is 5.56 Å². The first-order valence-electron chi connectivity index (χ1n) is 8.69. The Morgan fingerprint density at radius 3 is 2.58 bits per heavy atom. The van der Waals surface area contributed by atoms with E-state index in [1.165, 1.54) is 17.0 Å². The maximum Gasteiger partial charge on any atom is 0.258 e. The zero-order valence-corrected chi connectivity index (χ0v) is 14.8. The Labute approximate surface area is 152 Å². The summed E-state index contributed by atoms with van der Waals surface area (Å²) in [6.45, 7) is 4.43. The summed E-state index contributed by atoms with van der Waals surface area (Å²) >= 11 is 0. The summed E-state index contributed by atoms with van der Waals surface area (Å²) in [7, 11) is 0. The van der Waals surface area contributed by atoms with Gasteiger partial charge in [-0.15, -0.1) is 0 Å². The molecule has 6 heteroatoms. The van der Waals surface area contributed by atoms with Gasteiger partial charge in [0.1, 0.15) is 17.5 Å². The Kier molecular flexibility index (Phi) is 4.84. The van der Waals surface area contributed by atoms with E-state index in [2.05, 4.69) is 5.32 Å². The normalized spacial score (nSPS) is 15.6. The number of fused-ring (bicyclic) bond motifs is 1. The van der Waals surface area contributed by atoms with Crippen molar-refractivity contribution in [3.8, 4) is 11.5 Å². The van der Waals surface area contributed by atoms with Crippen LogP contribution in [0.15, 0.2) is 36.4 Å². The van der Waals surface area contributed by atoms with Crippen LogP contribution < -0.4 is 5.32 Å². The van der Waals surface area contributed by atoms with Gasteiger partial charge >= 0.3 is 0 Å². The number of aryl methyl sites for hydroxylation is 1. The summed E-state index contributed by atoms with van der Waals surface area (Å²) in [5, 5.41) is 22.8.